The normalized spacial score (nSPS) is 18.5. The number of aryl methyl sites for hydroxylation is 2. The van der Waals surface area contributed by atoms with Gasteiger partial charge < -0.3 is 14.6 Å². The van der Waals surface area contributed by atoms with Gasteiger partial charge in [0.1, 0.15) is 19.0 Å². The first-order chi connectivity index (χ1) is 17.9. The van der Waals surface area contributed by atoms with Crippen LogP contribution in [0.1, 0.15) is 35.2 Å². The molecule has 1 aromatic heterocycles. The molecule has 0 spiro atoms. The molecular weight excluding hydrogens is 488 g/mol. The molecule has 1 atom stereocenters. The average molecular weight is 513 g/mol. The minimum Gasteiger partial charge on any atom is -0.507 e. The van der Waals surface area contributed by atoms with Crippen LogP contribution in [0.25, 0.3) is 16.0 Å². The number of anilines is 1. The van der Waals surface area contributed by atoms with Crippen molar-refractivity contribution in [2.75, 3.05) is 18.1 Å². The number of amides is 1. The number of carbonyl (C=O) groups excluding carboxylic acids is 2. The van der Waals surface area contributed by atoms with Crippen LogP contribution in [0.15, 0.2) is 66.2 Å². The van der Waals surface area contributed by atoms with Crippen molar-refractivity contribution in [2.24, 2.45) is 0 Å². The van der Waals surface area contributed by atoms with Gasteiger partial charge in [-0.15, -0.1) is 0 Å². The van der Waals surface area contributed by atoms with Crippen LogP contribution in [0.2, 0.25) is 0 Å². The zero-order valence-corrected chi connectivity index (χ0v) is 21.2. The van der Waals surface area contributed by atoms with Crippen molar-refractivity contribution < 1.29 is 24.2 Å². The highest BCUT2D eigenvalue weighted by Crippen LogP contribution is 2.45. The van der Waals surface area contributed by atoms with Crippen molar-refractivity contribution in [3.8, 4) is 11.5 Å². The monoisotopic (exact) mass is 512 g/mol. The Morgan fingerprint density at radius 2 is 1.78 bits per heavy atom. The Labute approximate surface area is 217 Å². The van der Waals surface area contributed by atoms with Gasteiger partial charge in [-0.1, -0.05) is 48.6 Å². The molecule has 1 unspecified atom stereocenters. The van der Waals surface area contributed by atoms with Gasteiger partial charge in [0.25, 0.3) is 5.78 Å². The van der Waals surface area contributed by atoms with E-state index in [4.69, 9.17) is 9.47 Å². The van der Waals surface area contributed by atoms with Crippen molar-refractivity contribution >= 4 is 44.1 Å². The lowest BCUT2D eigenvalue weighted by Gasteiger charge is -2.23. The average Bonchev–Trinajstić information content (AvgIpc) is 3.45. The van der Waals surface area contributed by atoms with Crippen molar-refractivity contribution in [1.82, 2.24) is 4.98 Å². The van der Waals surface area contributed by atoms with Crippen molar-refractivity contribution in [1.29, 1.82) is 0 Å². The van der Waals surface area contributed by atoms with Gasteiger partial charge in [-0.2, -0.15) is 0 Å². The van der Waals surface area contributed by atoms with Crippen molar-refractivity contribution in [3.63, 3.8) is 0 Å². The number of Topliss-reactive ketones (excluding diaryl/α,β-unsaturated/α-hetero) is 1. The van der Waals surface area contributed by atoms with Gasteiger partial charge in [0, 0.05) is 5.56 Å². The fourth-order valence-corrected chi connectivity index (χ4v) is 5.84. The number of aliphatic hydroxyl groups excluding tert-OH is 1. The number of hydrogen-bond acceptors (Lipinski definition) is 7. The summed E-state index contributed by atoms with van der Waals surface area (Å²) < 4.78 is 12.2. The summed E-state index contributed by atoms with van der Waals surface area (Å²) in [5.74, 6) is -0.694. The lowest BCUT2D eigenvalue weighted by atomic mass is 9.94. The first-order valence-corrected chi connectivity index (χ1v) is 12.9. The number of rotatable bonds is 4. The number of hydrogen-bond donors (Lipinski definition) is 1. The van der Waals surface area contributed by atoms with Crippen LogP contribution in [0.4, 0.5) is 5.13 Å². The number of ether oxygens (including phenoxy) is 2. The molecule has 0 saturated carbocycles. The second kappa shape index (κ2) is 9.05. The SMILES string of the molecule is CCc1ccc(C2/C(=C(\O)c3ccc4c(c3)OCCO4)C(=O)C(=O)N2c2nc3ccc(C)cc3s2)cc1. The third-order valence-electron chi connectivity index (χ3n) is 6.70. The van der Waals surface area contributed by atoms with E-state index >= 15 is 0 Å². The van der Waals surface area contributed by atoms with Gasteiger partial charge in [-0.3, -0.25) is 14.5 Å². The molecule has 186 valence electrons. The van der Waals surface area contributed by atoms with Crippen LogP contribution in [-0.2, 0) is 16.0 Å². The largest absolute Gasteiger partial charge is 0.507 e. The number of thiazole rings is 1. The molecule has 1 fully saturated rings. The number of nitrogens with zero attached hydrogens (tertiary/aromatic N) is 2. The van der Waals surface area contributed by atoms with Gasteiger partial charge in [-0.25, -0.2) is 4.98 Å². The van der Waals surface area contributed by atoms with Crippen molar-refractivity contribution in [3.05, 3.63) is 88.5 Å². The maximum atomic E-state index is 13.5. The summed E-state index contributed by atoms with van der Waals surface area (Å²) in [6.07, 6.45) is 0.856. The van der Waals surface area contributed by atoms with E-state index in [1.807, 2.05) is 49.4 Å². The minimum atomic E-state index is -0.833. The van der Waals surface area contributed by atoms with Crippen LogP contribution in [0.3, 0.4) is 0 Å². The van der Waals surface area contributed by atoms with Gasteiger partial charge >= 0.3 is 5.91 Å². The molecule has 3 heterocycles. The second-order valence-electron chi connectivity index (χ2n) is 9.09. The Morgan fingerprint density at radius 1 is 1.03 bits per heavy atom. The molecule has 7 nitrogen and oxygen atoms in total. The molecule has 0 aliphatic carbocycles. The summed E-state index contributed by atoms with van der Waals surface area (Å²) >= 11 is 1.35. The van der Waals surface area contributed by atoms with E-state index in [-0.39, 0.29) is 11.3 Å². The van der Waals surface area contributed by atoms with Crippen molar-refractivity contribution in [2.45, 2.75) is 26.3 Å². The minimum absolute atomic E-state index is 0.0152. The quantitative estimate of drug-likeness (QED) is 0.219. The van der Waals surface area contributed by atoms with Crippen LogP contribution >= 0.6 is 11.3 Å². The highest BCUT2D eigenvalue weighted by atomic mass is 32.1. The second-order valence-corrected chi connectivity index (χ2v) is 10.1. The number of benzene rings is 3. The molecule has 8 heteroatoms. The van der Waals surface area contributed by atoms with Gasteiger partial charge in [0.05, 0.1) is 21.8 Å². The van der Waals surface area contributed by atoms with Crippen LogP contribution in [-0.4, -0.2) is 35.0 Å². The van der Waals surface area contributed by atoms with E-state index in [1.54, 1.807) is 18.2 Å². The standard InChI is InChI=1S/C29H24N2O5S/c1-3-17-5-7-18(8-6-17)25-24(26(32)19-9-11-21-22(15-19)36-13-12-35-21)27(33)28(34)31(25)29-30-20-10-4-16(2)14-23(20)37-29/h4-11,14-15,25,32H,3,12-13H2,1-2H3/b26-24+. The fourth-order valence-electron chi connectivity index (χ4n) is 4.75. The molecule has 0 radical (unpaired) electrons. The predicted octanol–water partition coefficient (Wildman–Crippen LogP) is 5.56. The molecular formula is C29H24N2O5S. The molecule has 2 aliphatic heterocycles. The van der Waals surface area contributed by atoms with E-state index in [2.05, 4.69) is 11.9 Å². The Hall–Kier alpha value is -4.17. The summed E-state index contributed by atoms with van der Waals surface area (Å²) in [5.41, 5.74) is 4.06. The maximum Gasteiger partial charge on any atom is 0.301 e. The summed E-state index contributed by atoms with van der Waals surface area (Å²) in [6, 6.07) is 17.8. The smallest absolute Gasteiger partial charge is 0.301 e. The molecule has 37 heavy (non-hydrogen) atoms. The highest BCUT2D eigenvalue weighted by molar-refractivity contribution is 7.22. The van der Waals surface area contributed by atoms with E-state index in [0.29, 0.717) is 41.0 Å². The molecule has 3 aromatic carbocycles. The lowest BCUT2D eigenvalue weighted by Crippen LogP contribution is -2.29. The number of aromatic nitrogens is 1. The summed E-state index contributed by atoms with van der Waals surface area (Å²) in [6.45, 7) is 4.89. The molecule has 2 aliphatic rings. The van der Waals surface area contributed by atoms with Gasteiger partial charge in [-0.05, 0) is 60.4 Å². The molecule has 1 saturated heterocycles. The number of aliphatic hydroxyl groups is 1. The molecule has 0 bridgehead atoms. The third kappa shape index (κ3) is 3.94. The van der Waals surface area contributed by atoms with Crippen LogP contribution in [0.5, 0.6) is 11.5 Å². The van der Waals surface area contributed by atoms with Crippen LogP contribution in [0, 0.1) is 6.92 Å². The van der Waals surface area contributed by atoms with Gasteiger partial charge in [0.15, 0.2) is 16.6 Å². The van der Waals surface area contributed by atoms with E-state index in [1.165, 1.54) is 16.2 Å². The van der Waals surface area contributed by atoms with E-state index in [0.717, 1.165) is 27.8 Å². The highest BCUT2D eigenvalue weighted by Gasteiger charge is 2.48. The predicted molar refractivity (Wildman–Crippen MR) is 142 cm³/mol. The zero-order valence-electron chi connectivity index (χ0n) is 20.4. The maximum absolute atomic E-state index is 13.5. The third-order valence-corrected chi connectivity index (χ3v) is 7.72. The molecule has 1 N–H and O–H groups in total. The molecule has 4 aromatic rings. The number of ketones is 1. The first kappa shape index (κ1) is 23.2. The zero-order chi connectivity index (χ0) is 25.7. The fraction of sp³-hybridized carbons (Fsp3) is 0.207. The summed E-state index contributed by atoms with van der Waals surface area (Å²) in [4.78, 5) is 33.1. The molecule has 6 rings (SSSR count). The lowest BCUT2D eigenvalue weighted by molar-refractivity contribution is -0.132. The number of fused-ring (bicyclic) bond motifs is 2. The summed E-state index contributed by atoms with van der Waals surface area (Å²) in [5, 5.41) is 11.9. The van der Waals surface area contributed by atoms with E-state index in [9.17, 15) is 14.7 Å². The Morgan fingerprint density at radius 3 is 2.54 bits per heavy atom. The topological polar surface area (TPSA) is 89.0 Å². The molecule has 1 amide bonds. The van der Waals surface area contributed by atoms with Gasteiger partial charge in [0.2, 0.25) is 0 Å². The Kier molecular flexibility index (Phi) is 5.68. The summed E-state index contributed by atoms with van der Waals surface area (Å²) in [7, 11) is 0. The first-order valence-electron chi connectivity index (χ1n) is 12.1. The number of carbonyl (C=O) groups is 2. The van der Waals surface area contributed by atoms with E-state index < -0.39 is 17.7 Å². The Bertz CT molecular complexity index is 1590. The van der Waals surface area contributed by atoms with Crippen LogP contribution < -0.4 is 14.4 Å². The Balaban J connectivity index is 1.53.